The van der Waals surface area contributed by atoms with E-state index in [1.54, 1.807) is 0 Å². The van der Waals surface area contributed by atoms with Crippen LogP contribution in [0.2, 0.25) is 0 Å². The molecule has 1 heterocycles. The molecule has 0 saturated carbocycles. The Morgan fingerprint density at radius 1 is 1.42 bits per heavy atom. The number of nitrogens with two attached hydrogens (primary N) is 1. The monoisotopic (exact) mass is 353 g/mol. The zero-order valence-electron chi connectivity index (χ0n) is 14.0. The van der Waals surface area contributed by atoms with Crippen LogP contribution in [0.4, 0.5) is 10.1 Å². The molecular weight excluding hydrogens is 329 g/mol. The molecule has 0 aromatic heterocycles. The molecule has 2 rings (SSSR count). The zero-order valence-corrected chi connectivity index (χ0v) is 14.8. The third-order valence-electron chi connectivity index (χ3n) is 4.22. The molecule has 1 aromatic carbocycles. The Morgan fingerprint density at radius 2 is 2.08 bits per heavy atom. The maximum absolute atomic E-state index is 12.8. The van der Waals surface area contributed by atoms with E-state index in [1.165, 1.54) is 36.0 Å². The number of hydrogen-bond donors (Lipinski definition) is 2. The molecule has 0 spiro atoms. The highest BCUT2D eigenvalue weighted by atomic mass is 32.2. The van der Waals surface area contributed by atoms with Crippen molar-refractivity contribution in [3.05, 3.63) is 30.1 Å². The summed E-state index contributed by atoms with van der Waals surface area (Å²) in [5.41, 5.74) is 6.24. The van der Waals surface area contributed by atoms with E-state index in [2.05, 4.69) is 5.32 Å². The van der Waals surface area contributed by atoms with Crippen molar-refractivity contribution in [3.63, 3.8) is 0 Å². The number of benzene rings is 1. The number of amides is 2. The van der Waals surface area contributed by atoms with Crippen molar-refractivity contribution in [1.29, 1.82) is 0 Å². The third kappa shape index (κ3) is 4.95. The standard InChI is InChI=1S/C17H24FN3O2S/c1-11-7-13(8-19)9-21(11)17(23)12(2)24-10-16(22)20-15-5-3-14(18)4-6-15/h3-6,11-13H,7-10,19H2,1-2H3,(H,20,22). The summed E-state index contributed by atoms with van der Waals surface area (Å²) in [4.78, 5) is 26.3. The van der Waals surface area contributed by atoms with Crippen molar-refractivity contribution in [2.45, 2.75) is 31.6 Å². The van der Waals surface area contributed by atoms with Crippen molar-refractivity contribution in [2.24, 2.45) is 11.7 Å². The van der Waals surface area contributed by atoms with Gasteiger partial charge in [0.15, 0.2) is 0 Å². The van der Waals surface area contributed by atoms with Crippen LogP contribution >= 0.6 is 11.8 Å². The Hall–Kier alpha value is -1.60. The molecule has 0 bridgehead atoms. The summed E-state index contributed by atoms with van der Waals surface area (Å²) >= 11 is 1.30. The van der Waals surface area contributed by atoms with E-state index in [9.17, 15) is 14.0 Å². The van der Waals surface area contributed by atoms with Crippen molar-refractivity contribution in [3.8, 4) is 0 Å². The molecule has 0 aliphatic carbocycles. The third-order valence-corrected chi connectivity index (χ3v) is 5.35. The zero-order chi connectivity index (χ0) is 17.7. The summed E-state index contributed by atoms with van der Waals surface area (Å²) in [5.74, 6) is 0.0333. The maximum Gasteiger partial charge on any atom is 0.235 e. The number of hydrogen-bond acceptors (Lipinski definition) is 4. The minimum absolute atomic E-state index is 0.0537. The van der Waals surface area contributed by atoms with Gasteiger partial charge in [0.1, 0.15) is 5.82 Å². The Morgan fingerprint density at radius 3 is 2.67 bits per heavy atom. The van der Waals surface area contributed by atoms with Gasteiger partial charge in [0, 0.05) is 18.3 Å². The predicted molar refractivity (Wildman–Crippen MR) is 95.3 cm³/mol. The van der Waals surface area contributed by atoms with Gasteiger partial charge in [-0.3, -0.25) is 9.59 Å². The lowest BCUT2D eigenvalue weighted by atomic mass is 10.1. The quantitative estimate of drug-likeness (QED) is 0.821. The van der Waals surface area contributed by atoms with Crippen LogP contribution in [0.25, 0.3) is 0 Å². The topological polar surface area (TPSA) is 75.4 Å². The number of nitrogens with zero attached hydrogens (tertiary/aromatic N) is 1. The number of nitrogens with one attached hydrogen (secondary N) is 1. The molecule has 1 aromatic rings. The molecule has 132 valence electrons. The molecule has 0 radical (unpaired) electrons. The molecule has 3 N–H and O–H groups in total. The summed E-state index contributed by atoms with van der Waals surface area (Å²) < 4.78 is 12.8. The van der Waals surface area contributed by atoms with Crippen LogP contribution in [-0.4, -0.2) is 46.8 Å². The van der Waals surface area contributed by atoms with E-state index in [0.717, 1.165) is 6.42 Å². The van der Waals surface area contributed by atoms with Crippen LogP contribution in [0.15, 0.2) is 24.3 Å². The molecule has 1 saturated heterocycles. The van der Waals surface area contributed by atoms with E-state index < -0.39 is 0 Å². The molecule has 1 aliphatic rings. The van der Waals surface area contributed by atoms with Gasteiger partial charge in [-0.15, -0.1) is 11.8 Å². The molecule has 7 heteroatoms. The fraction of sp³-hybridized carbons (Fsp3) is 0.529. The fourth-order valence-corrected chi connectivity index (χ4v) is 3.61. The number of carbonyl (C=O) groups is 2. The van der Waals surface area contributed by atoms with Gasteiger partial charge in [-0.25, -0.2) is 4.39 Å². The minimum Gasteiger partial charge on any atom is -0.339 e. The first kappa shape index (κ1) is 18.7. The van der Waals surface area contributed by atoms with Crippen LogP contribution < -0.4 is 11.1 Å². The van der Waals surface area contributed by atoms with Gasteiger partial charge in [-0.2, -0.15) is 0 Å². The smallest absolute Gasteiger partial charge is 0.235 e. The number of halogens is 1. The van der Waals surface area contributed by atoms with E-state index in [0.29, 0.717) is 24.7 Å². The summed E-state index contributed by atoms with van der Waals surface area (Å²) in [6, 6.07) is 5.79. The maximum atomic E-state index is 12.8. The van der Waals surface area contributed by atoms with Crippen LogP contribution in [0.1, 0.15) is 20.3 Å². The summed E-state index contributed by atoms with van der Waals surface area (Å²) in [6.07, 6.45) is 0.935. The first-order valence-electron chi connectivity index (χ1n) is 8.08. The minimum atomic E-state index is -0.350. The van der Waals surface area contributed by atoms with Crippen molar-refractivity contribution < 1.29 is 14.0 Å². The number of likely N-dealkylation sites (tertiary alicyclic amines) is 1. The lowest BCUT2D eigenvalue weighted by Crippen LogP contribution is -2.39. The number of rotatable bonds is 6. The van der Waals surface area contributed by atoms with Gasteiger partial charge in [-0.1, -0.05) is 0 Å². The Bertz CT molecular complexity index is 582. The number of anilines is 1. The average molecular weight is 353 g/mol. The van der Waals surface area contributed by atoms with E-state index in [-0.39, 0.29) is 34.7 Å². The van der Waals surface area contributed by atoms with Crippen LogP contribution in [-0.2, 0) is 9.59 Å². The second-order valence-electron chi connectivity index (χ2n) is 6.19. The molecule has 24 heavy (non-hydrogen) atoms. The Kier molecular flexibility index (Phi) is 6.62. The molecular formula is C17H24FN3O2S. The Labute approximate surface area is 146 Å². The van der Waals surface area contributed by atoms with Crippen molar-refractivity contribution >= 4 is 29.3 Å². The second kappa shape index (κ2) is 8.48. The fourth-order valence-electron chi connectivity index (χ4n) is 2.86. The van der Waals surface area contributed by atoms with Gasteiger partial charge in [0.05, 0.1) is 11.0 Å². The van der Waals surface area contributed by atoms with Crippen molar-refractivity contribution in [1.82, 2.24) is 4.90 Å². The highest BCUT2D eigenvalue weighted by molar-refractivity contribution is 8.01. The van der Waals surface area contributed by atoms with E-state index in [1.807, 2.05) is 18.7 Å². The number of thioether (sulfide) groups is 1. The molecule has 3 unspecified atom stereocenters. The average Bonchev–Trinajstić information content (AvgIpc) is 2.95. The van der Waals surface area contributed by atoms with Gasteiger partial charge < -0.3 is 16.0 Å². The van der Waals surface area contributed by atoms with E-state index in [4.69, 9.17) is 5.73 Å². The van der Waals surface area contributed by atoms with Gasteiger partial charge in [0.25, 0.3) is 0 Å². The molecule has 1 aliphatic heterocycles. The molecule has 1 fully saturated rings. The highest BCUT2D eigenvalue weighted by Crippen LogP contribution is 2.25. The van der Waals surface area contributed by atoms with Gasteiger partial charge in [0.2, 0.25) is 11.8 Å². The lowest BCUT2D eigenvalue weighted by Gasteiger charge is -2.24. The first-order valence-corrected chi connectivity index (χ1v) is 9.13. The first-order chi connectivity index (χ1) is 11.4. The SMILES string of the molecule is CC(SCC(=O)Nc1ccc(F)cc1)C(=O)N1CC(CN)CC1C. The molecule has 2 amide bonds. The highest BCUT2D eigenvalue weighted by Gasteiger charge is 2.33. The Balaban J connectivity index is 1.79. The van der Waals surface area contributed by atoms with Crippen molar-refractivity contribution in [2.75, 3.05) is 24.2 Å². The van der Waals surface area contributed by atoms with Crippen LogP contribution in [0.3, 0.4) is 0 Å². The van der Waals surface area contributed by atoms with E-state index >= 15 is 0 Å². The largest absolute Gasteiger partial charge is 0.339 e. The van der Waals surface area contributed by atoms with Crippen LogP contribution in [0, 0.1) is 11.7 Å². The predicted octanol–water partition coefficient (Wildman–Crippen LogP) is 2.08. The number of carbonyl (C=O) groups excluding carboxylic acids is 2. The van der Waals surface area contributed by atoms with Gasteiger partial charge in [-0.05, 0) is 57.0 Å². The van der Waals surface area contributed by atoms with Gasteiger partial charge >= 0.3 is 0 Å². The van der Waals surface area contributed by atoms with Crippen LogP contribution in [0.5, 0.6) is 0 Å². The summed E-state index contributed by atoms with van der Waals surface area (Å²) in [6.45, 7) is 5.14. The summed E-state index contributed by atoms with van der Waals surface area (Å²) in [7, 11) is 0. The molecule has 3 atom stereocenters. The normalized spacial score (nSPS) is 21.6. The molecule has 5 nitrogen and oxygen atoms in total. The second-order valence-corrected chi connectivity index (χ2v) is 7.51. The summed E-state index contributed by atoms with van der Waals surface area (Å²) in [5, 5.41) is 2.40. The lowest BCUT2D eigenvalue weighted by molar-refractivity contribution is -0.130.